The topological polar surface area (TPSA) is 84.2 Å². The molecule has 0 saturated heterocycles. The summed E-state index contributed by atoms with van der Waals surface area (Å²) < 4.78 is 2.00. The second-order valence-corrected chi connectivity index (χ2v) is 7.51. The second kappa shape index (κ2) is 8.81. The van der Waals surface area contributed by atoms with E-state index in [1.165, 1.54) is 17.5 Å². The van der Waals surface area contributed by atoms with Crippen LogP contribution in [0.25, 0.3) is 16.6 Å². The molecule has 0 bridgehead atoms. The minimum Gasteiger partial charge on any atom is -0.340 e. The Balaban J connectivity index is 1.35. The molecule has 0 radical (unpaired) electrons. The summed E-state index contributed by atoms with van der Waals surface area (Å²) in [7, 11) is 0. The SMILES string of the molecule is CC#CC(=O)Nc1ccc2ncnc(Nc3ccc(Cc4ccn5ccnc5c4)cc3)c2c1. The van der Waals surface area contributed by atoms with E-state index >= 15 is 0 Å². The van der Waals surface area contributed by atoms with Crippen molar-refractivity contribution in [3.8, 4) is 11.8 Å². The summed E-state index contributed by atoms with van der Waals surface area (Å²) in [6.07, 6.45) is 8.11. The Morgan fingerprint density at radius 1 is 0.939 bits per heavy atom. The number of rotatable bonds is 5. The van der Waals surface area contributed by atoms with Crippen LogP contribution in [0, 0.1) is 11.8 Å². The van der Waals surface area contributed by atoms with Crippen LogP contribution in [-0.2, 0) is 11.2 Å². The normalized spacial score (nSPS) is 10.6. The Morgan fingerprint density at radius 2 is 1.79 bits per heavy atom. The predicted molar refractivity (Wildman–Crippen MR) is 129 cm³/mol. The van der Waals surface area contributed by atoms with Crippen LogP contribution in [0.5, 0.6) is 0 Å². The lowest BCUT2D eigenvalue weighted by molar-refractivity contribution is -0.111. The quantitative estimate of drug-likeness (QED) is 0.397. The molecular formula is C26H20N6O. The number of amides is 1. The average molecular weight is 432 g/mol. The third kappa shape index (κ3) is 4.50. The number of carbonyl (C=O) groups excluding carboxylic acids is 1. The Hall–Kier alpha value is -4.70. The molecule has 5 rings (SSSR count). The highest BCUT2D eigenvalue weighted by Crippen LogP contribution is 2.26. The maximum atomic E-state index is 11.8. The van der Waals surface area contributed by atoms with Crippen LogP contribution in [0.3, 0.4) is 0 Å². The van der Waals surface area contributed by atoms with Crippen molar-refractivity contribution in [1.29, 1.82) is 0 Å². The van der Waals surface area contributed by atoms with Crippen molar-refractivity contribution in [3.63, 3.8) is 0 Å². The monoisotopic (exact) mass is 432 g/mol. The summed E-state index contributed by atoms with van der Waals surface area (Å²) >= 11 is 0. The van der Waals surface area contributed by atoms with Crippen molar-refractivity contribution in [3.05, 3.63) is 90.6 Å². The maximum absolute atomic E-state index is 11.8. The summed E-state index contributed by atoms with van der Waals surface area (Å²) in [4.78, 5) is 24.9. The van der Waals surface area contributed by atoms with Crippen LogP contribution in [0.1, 0.15) is 18.1 Å². The van der Waals surface area contributed by atoms with Crippen molar-refractivity contribution < 1.29 is 4.79 Å². The van der Waals surface area contributed by atoms with Gasteiger partial charge in [0.1, 0.15) is 17.8 Å². The first-order valence-corrected chi connectivity index (χ1v) is 10.4. The molecule has 1 amide bonds. The molecule has 0 saturated carbocycles. The maximum Gasteiger partial charge on any atom is 0.300 e. The third-order valence-corrected chi connectivity index (χ3v) is 5.22. The van der Waals surface area contributed by atoms with Crippen LogP contribution in [0.4, 0.5) is 17.2 Å². The Morgan fingerprint density at radius 3 is 2.64 bits per heavy atom. The van der Waals surface area contributed by atoms with Gasteiger partial charge in [0, 0.05) is 35.4 Å². The number of nitrogens with zero attached hydrogens (tertiary/aromatic N) is 4. The van der Waals surface area contributed by atoms with Gasteiger partial charge in [-0.3, -0.25) is 4.79 Å². The smallest absolute Gasteiger partial charge is 0.300 e. The highest BCUT2D eigenvalue weighted by atomic mass is 16.1. The standard InChI is InChI=1S/C26H20N6O/c1-2-3-25(33)30-21-8-9-23-22(16-21)26(29-17-28-23)31-20-6-4-18(5-7-20)14-19-10-12-32-13-11-27-24(32)15-19/h4-13,15-17H,14H2,1H3,(H,30,33)(H,28,29,31). The molecule has 160 valence electrons. The van der Waals surface area contributed by atoms with Gasteiger partial charge in [-0.2, -0.15) is 0 Å². The molecule has 2 aromatic carbocycles. The second-order valence-electron chi connectivity index (χ2n) is 7.51. The van der Waals surface area contributed by atoms with Crippen molar-refractivity contribution in [2.75, 3.05) is 10.6 Å². The Bertz CT molecular complexity index is 1530. The van der Waals surface area contributed by atoms with Crippen LogP contribution in [-0.4, -0.2) is 25.3 Å². The highest BCUT2D eigenvalue weighted by molar-refractivity contribution is 6.05. The third-order valence-electron chi connectivity index (χ3n) is 5.22. The average Bonchev–Trinajstić information content (AvgIpc) is 3.29. The minimum atomic E-state index is -0.356. The molecule has 3 aromatic heterocycles. The lowest BCUT2D eigenvalue weighted by Crippen LogP contribution is -2.08. The van der Waals surface area contributed by atoms with E-state index < -0.39 is 0 Å². The molecule has 0 fully saturated rings. The first kappa shape index (κ1) is 20.2. The number of imidazole rings is 1. The molecule has 7 heteroatoms. The summed E-state index contributed by atoms with van der Waals surface area (Å²) in [5.74, 6) is 5.37. The van der Waals surface area contributed by atoms with Gasteiger partial charge in [0.05, 0.1) is 5.52 Å². The lowest BCUT2D eigenvalue weighted by Gasteiger charge is -2.10. The van der Waals surface area contributed by atoms with Crippen LogP contribution < -0.4 is 10.6 Å². The van der Waals surface area contributed by atoms with Gasteiger partial charge in [-0.05, 0) is 72.9 Å². The molecule has 0 aliphatic rings. The fraction of sp³-hybridized carbons (Fsp3) is 0.0769. The number of pyridine rings is 1. The van der Waals surface area contributed by atoms with E-state index in [1.807, 2.05) is 41.1 Å². The van der Waals surface area contributed by atoms with Gasteiger partial charge in [0.15, 0.2) is 0 Å². The predicted octanol–water partition coefficient (Wildman–Crippen LogP) is 4.57. The zero-order valence-electron chi connectivity index (χ0n) is 17.9. The van der Waals surface area contributed by atoms with Crippen LogP contribution in [0.2, 0.25) is 0 Å². The number of hydrogen-bond acceptors (Lipinski definition) is 5. The highest BCUT2D eigenvalue weighted by Gasteiger charge is 2.07. The van der Waals surface area contributed by atoms with Crippen molar-refractivity contribution >= 4 is 39.6 Å². The first-order chi connectivity index (χ1) is 16.2. The Labute approximate surface area is 190 Å². The molecular weight excluding hydrogens is 412 g/mol. The zero-order chi connectivity index (χ0) is 22.6. The van der Waals surface area contributed by atoms with E-state index in [0.29, 0.717) is 11.5 Å². The molecule has 2 N–H and O–H groups in total. The summed E-state index contributed by atoms with van der Waals surface area (Å²) in [6, 6.07) is 17.9. The van der Waals surface area contributed by atoms with Crippen LogP contribution in [0.15, 0.2) is 79.5 Å². The van der Waals surface area contributed by atoms with E-state index in [0.717, 1.165) is 28.7 Å². The fourth-order valence-corrected chi connectivity index (χ4v) is 3.65. The molecule has 5 aromatic rings. The van der Waals surface area contributed by atoms with Crippen LogP contribution >= 0.6 is 0 Å². The van der Waals surface area contributed by atoms with Gasteiger partial charge in [0.2, 0.25) is 0 Å². The van der Waals surface area contributed by atoms with E-state index in [-0.39, 0.29) is 5.91 Å². The van der Waals surface area contributed by atoms with Gasteiger partial charge in [0.25, 0.3) is 5.91 Å². The van der Waals surface area contributed by atoms with Gasteiger partial charge in [-0.15, -0.1) is 0 Å². The molecule has 0 aliphatic carbocycles. The van der Waals surface area contributed by atoms with Gasteiger partial charge >= 0.3 is 0 Å². The lowest BCUT2D eigenvalue weighted by atomic mass is 10.1. The van der Waals surface area contributed by atoms with E-state index in [1.54, 1.807) is 19.2 Å². The van der Waals surface area contributed by atoms with E-state index in [4.69, 9.17) is 0 Å². The van der Waals surface area contributed by atoms with Crippen molar-refractivity contribution in [2.45, 2.75) is 13.3 Å². The number of hydrogen-bond donors (Lipinski definition) is 2. The summed E-state index contributed by atoms with van der Waals surface area (Å²) in [5, 5.41) is 6.93. The molecule has 0 aliphatic heterocycles. The molecule has 0 unspecified atom stereocenters. The van der Waals surface area contributed by atoms with Gasteiger partial charge in [-0.1, -0.05) is 18.1 Å². The molecule has 33 heavy (non-hydrogen) atoms. The van der Waals surface area contributed by atoms with E-state index in [2.05, 4.69) is 61.7 Å². The van der Waals surface area contributed by atoms with Gasteiger partial charge < -0.3 is 15.0 Å². The molecule has 0 atom stereocenters. The number of carbonyl (C=O) groups is 1. The minimum absolute atomic E-state index is 0.356. The number of benzene rings is 2. The zero-order valence-corrected chi connectivity index (χ0v) is 17.9. The number of anilines is 3. The number of nitrogens with one attached hydrogen (secondary N) is 2. The number of aromatic nitrogens is 4. The largest absolute Gasteiger partial charge is 0.340 e. The van der Waals surface area contributed by atoms with Gasteiger partial charge in [-0.25, -0.2) is 15.0 Å². The first-order valence-electron chi connectivity index (χ1n) is 10.4. The van der Waals surface area contributed by atoms with Crippen molar-refractivity contribution in [1.82, 2.24) is 19.4 Å². The fourth-order valence-electron chi connectivity index (χ4n) is 3.65. The van der Waals surface area contributed by atoms with E-state index in [9.17, 15) is 4.79 Å². The molecule has 7 nitrogen and oxygen atoms in total. The molecule has 3 heterocycles. The number of fused-ring (bicyclic) bond motifs is 2. The van der Waals surface area contributed by atoms with Crippen molar-refractivity contribution in [2.24, 2.45) is 0 Å². The molecule has 0 spiro atoms. The Kier molecular flexibility index (Phi) is 5.40. The summed E-state index contributed by atoms with van der Waals surface area (Å²) in [5.41, 5.74) is 5.67. The summed E-state index contributed by atoms with van der Waals surface area (Å²) in [6.45, 7) is 1.62.